The number of nitrogens with zero attached hydrogens (tertiary/aromatic N) is 2. The van der Waals surface area contributed by atoms with Crippen LogP contribution in [0.1, 0.15) is 36.8 Å². The molecule has 1 heterocycles. The average molecular weight is 403 g/mol. The number of nitrogens with two attached hydrogens (primary N) is 2. The summed E-state index contributed by atoms with van der Waals surface area (Å²) in [6, 6.07) is 17.5. The van der Waals surface area contributed by atoms with E-state index < -0.39 is 0 Å². The molecule has 1 saturated carbocycles. The largest absolute Gasteiger partial charge is 0.457 e. The topological polar surface area (TPSA) is 123 Å². The van der Waals surface area contributed by atoms with Gasteiger partial charge in [0.1, 0.15) is 29.5 Å². The SMILES string of the molecule is N=C(c1ccc(Oc2ccccc2)cc1)c1c(N)ncnc1NC1CCC(N)CC1. The minimum atomic E-state index is 0.271. The molecule has 2 aromatic carbocycles. The summed E-state index contributed by atoms with van der Waals surface area (Å²) in [6.45, 7) is 0. The van der Waals surface area contributed by atoms with Gasteiger partial charge in [-0.05, 0) is 62.1 Å². The van der Waals surface area contributed by atoms with Gasteiger partial charge in [-0.1, -0.05) is 18.2 Å². The van der Waals surface area contributed by atoms with Gasteiger partial charge in [-0.3, -0.25) is 5.41 Å². The number of nitrogens with one attached hydrogen (secondary N) is 2. The molecule has 1 fully saturated rings. The quantitative estimate of drug-likeness (QED) is 0.463. The number of hydrogen-bond acceptors (Lipinski definition) is 7. The van der Waals surface area contributed by atoms with Crippen molar-refractivity contribution in [2.24, 2.45) is 5.73 Å². The van der Waals surface area contributed by atoms with E-state index in [-0.39, 0.29) is 23.6 Å². The lowest BCUT2D eigenvalue weighted by Gasteiger charge is -2.28. The summed E-state index contributed by atoms with van der Waals surface area (Å²) < 4.78 is 5.83. The Morgan fingerprint density at radius 1 is 0.933 bits per heavy atom. The number of hydrogen-bond donors (Lipinski definition) is 4. The summed E-state index contributed by atoms with van der Waals surface area (Å²) >= 11 is 0. The van der Waals surface area contributed by atoms with Gasteiger partial charge in [0.05, 0.1) is 11.3 Å². The van der Waals surface area contributed by atoms with Crippen molar-refractivity contribution in [3.05, 3.63) is 72.1 Å². The molecule has 0 spiro atoms. The van der Waals surface area contributed by atoms with Crippen LogP contribution in [0, 0.1) is 5.41 Å². The van der Waals surface area contributed by atoms with Crippen molar-refractivity contribution in [1.82, 2.24) is 9.97 Å². The first-order chi connectivity index (χ1) is 14.6. The van der Waals surface area contributed by atoms with Crippen LogP contribution in [-0.2, 0) is 0 Å². The van der Waals surface area contributed by atoms with Crippen LogP contribution in [0.5, 0.6) is 11.5 Å². The van der Waals surface area contributed by atoms with Crippen molar-refractivity contribution >= 4 is 17.3 Å². The van der Waals surface area contributed by atoms with Crippen LogP contribution >= 0.6 is 0 Å². The molecular formula is C23H26N6O. The maximum Gasteiger partial charge on any atom is 0.141 e. The molecule has 0 aliphatic heterocycles. The molecule has 1 aromatic heterocycles. The Morgan fingerprint density at radius 3 is 2.30 bits per heavy atom. The smallest absolute Gasteiger partial charge is 0.141 e. The molecule has 0 bridgehead atoms. The van der Waals surface area contributed by atoms with E-state index in [1.165, 1.54) is 6.33 Å². The lowest BCUT2D eigenvalue weighted by molar-refractivity contribution is 0.410. The number of nitrogen functional groups attached to an aromatic ring is 1. The molecule has 154 valence electrons. The van der Waals surface area contributed by atoms with Gasteiger partial charge >= 0.3 is 0 Å². The summed E-state index contributed by atoms with van der Waals surface area (Å²) in [5.74, 6) is 2.35. The fraction of sp³-hybridized carbons (Fsp3) is 0.261. The van der Waals surface area contributed by atoms with E-state index >= 15 is 0 Å². The van der Waals surface area contributed by atoms with Gasteiger partial charge in [-0.15, -0.1) is 0 Å². The first-order valence-corrected chi connectivity index (χ1v) is 10.1. The van der Waals surface area contributed by atoms with E-state index in [1.54, 1.807) is 0 Å². The maximum atomic E-state index is 8.73. The highest BCUT2D eigenvalue weighted by atomic mass is 16.5. The van der Waals surface area contributed by atoms with E-state index in [1.807, 2.05) is 54.6 Å². The summed E-state index contributed by atoms with van der Waals surface area (Å²) in [4.78, 5) is 8.48. The Balaban J connectivity index is 1.52. The highest BCUT2D eigenvalue weighted by molar-refractivity contribution is 6.16. The average Bonchev–Trinajstić information content (AvgIpc) is 2.76. The van der Waals surface area contributed by atoms with Gasteiger partial charge in [0, 0.05) is 17.6 Å². The third kappa shape index (κ3) is 4.58. The lowest BCUT2D eigenvalue weighted by atomic mass is 9.91. The fourth-order valence-corrected chi connectivity index (χ4v) is 3.67. The van der Waals surface area contributed by atoms with Gasteiger partial charge in [0.2, 0.25) is 0 Å². The number of benzene rings is 2. The second-order valence-corrected chi connectivity index (χ2v) is 7.55. The van der Waals surface area contributed by atoms with Crippen LogP contribution < -0.4 is 21.5 Å². The number of rotatable bonds is 6. The molecule has 1 aliphatic rings. The zero-order valence-corrected chi connectivity index (χ0v) is 16.7. The lowest BCUT2D eigenvalue weighted by Crippen LogP contribution is -2.33. The molecule has 0 radical (unpaired) electrons. The van der Waals surface area contributed by atoms with E-state index in [4.69, 9.17) is 21.6 Å². The van der Waals surface area contributed by atoms with Crippen molar-refractivity contribution in [3.63, 3.8) is 0 Å². The summed E-state index contributed by atoms with van der Waals surface area (Å²) in [5.41, 5.74) is 13.7. The fourth-order valence-electron chi connectivity index (χ4n) is 3.67. The molecule has 7 nitrogen and oxygen atoms in total. The van der Waals surface area contributed by atoms with E-state index in [0.29, 0.717) is 22.7 Å². The Kier molecular flexibility index (Phi) is 5.90. The molecule has 0 atom stereocenters. The van der Waals surface area contributed by atoms with Crippen molar-refractivity contribution in [2.45, 2.75) is 37.8 Å². The molecule has 3 aromatic rings. The predicted octanol–water partition coefficient (Wildman–Crippen LogP) is 3.95. The Labute approximate surface area is 176 Å². The third-order valence-electron chi connectivity index (χ3n) is 5.36. The predicted molar refractivity (Wildman–Crippen MR) is 119 cm³/mol. The minimum Gasteiger partial charge on any atom is -0.457 e. The van der Waals surface area contributed by atoms with Gasteiger partial charge in [-0.2, -0.15) is 0 Å². The first kappa shape index (κ1) is 19.8. The van der Waals surface area contributed by atoms with Crippen LogP contribution in [0.3, 0.4) is 0 Å². The van der Waals surface area contributed by atoms with Crippen molar-refractivity contribution in [2.75, 3.05) is 11.1 Å². The number of aromatic nitrogens is 2. The zero-order valence-electron chi connectivity index (χ0n) is 16.7. The second-order valence-electron chi connectivity index (χ2n) is 7.55. The molecule has 1 aliphatic carbocycles. The van der Waals surface area contributed by atoms with Crippen molar-refractivity contribution in [3.8, 4) is 11.5 Å². The van der Waals surface area contributed by atoms with E-state index in [0.717, 1.165) is 31.4 Å². The molecular weight excluding hydrogens is 376 g/mol. The standard InChI is InChI=1S/C23H26N6O/c24-16-8-10-17(11-9-16)29-23-20(22(26)27-14-28-23)21(25)15-6-12-19(13-7-15)30-18-4-2-1-3-5-18/h1-7,12-14,16-17,25H,8-11,24H2,(H3,26,27,28,29). The summed E-state index contributed by atoms with van der Waals surface area (Å²) in [5, 5.41) is 12.2. The summed E-state index contributed by atoms with van der Waals surface area (Å²) in [6.07, 6.45) is 5.34. The van der Waals surface area contributed by atoms with Gasteiger partial charge < -0.3 is 21.5 Å². The van der Waals surface area contributed by atoms with Gasteiger partial charge in [-0.25, -0.2) is 9.97 Å². The summed E-state index contributed by atoms with van der Waals surface area (Å²) in [7, 11) is 0. The first-order valence-electron chi connectivity index (χ1n) is 10.1. The van der Waals surface area contributed by atoms with Crippen LogP contribution in [-0.4, -0.2) is 27.8 Å². The normalized spacial score (nSPS) is 18.6. The second kappa shape index (κ2) is 8.92. The molecule has 6 N–H and O–H groups in total. The molecule has 7 heteroatoms. The highest BCUT2D eigenvalue weighted by Crippen LogP contribution is 2.27. The zero-order chi connectivity index (χ0) is 20.9. The van der Waals surface area contributed by atoms with Crippen LogP contribution in [0.15, 0.2) is 60.9 Å². The van der Waals surface area contributed by atoms with Crippen molar-refractivity contribution < 1.29 is 4.74 Å². The minimum absolute atomic E-state index is 0.271. The van der Waals surface area contributed by atoms with Gasteiger partial charge in [0.15, 0.2) is 0 Å². The van der Waals surface area contributed by atoms with Crippen LogP contribution in [0.4, 0.5) is 11.6 Å². The van der Waals surface area contributed by atoms with Crippen LogP contribution in [0.25, 0.3) is 0 Å². The number of para-hydroxylation sites is 1. The van der Waals surface area contributed by atoms with Crippen LogP contribution in [0.2, 0.25) is 0 Å². The molecule has 30 heavy (non-hydrogen) atoms. The highest BCUT2D eigenvalue weighted by Gasteiger charge is 2.22. The Morgan fingerprint density at radius 2 is 1.60 bits per heavy atom. The molecule has 0 amide bonds. The molecule has 0 unspecified atom stereocenters. The van der Waals surface area contributed by atoms with E-state index in [9.17, 15) is 0 Å². The Hall–Kier alpha value is -3.45. The Bertz CT molecular complexity index is 998. The maximum absolute atomic E-state index is 8.73. The number of anilines is 2. The van der Waals surface area contributed by atoms with Gasteiger partial charge in [0.25, 0.3) is 0 Å². The van der Waals surface area contributed by atoms with Crippen molar-refractivity contribution in [1.29, 1.82) is 5.41 Å². The van der Waals surface area contributed by atoms with E-state index in [2.05, 4.69) is 15.3 Å². The molecule has 0 saturated heterocycles. The number of ether oxygens (including phenoxy) is 1. The molecule has 4 rings (SSSR count). The third-order valence-corrected chi connectivity index (χ3v) is 5.36. The monoisotopic (exact) mass is 402 g/mol.